The minimum atomic E-state index is 0.805. The van der Waals surface area contributed by atoms with Gasteiger partial charge in [0.2, 0.25) is 0 Å². The molecular weight excluding hydrogens is 260 g/mol. The monoisotopic (exact) mass is 290 g/mol. The van der Waals surface area contributed by atoms with Crippen LogP contribution in [0.3, 0.4) is 0 Å². The smallest absolute Gasteiger partial charge is 0.119 e. The predicted octanol–water partition coefficient (Wildman–Crippen LogP) is 3.57. The number of likely N-dealkylation sites (tertiary alicyclic amines) is 1. The summed E-state index contributed by atoms with van der Waals surface area (Å²) in [6, 6.07) is 8.60. The van der Waals surface area contributed by atoms with Crippen molar-refractivity contribution in [2.45, 2.75) is 51.5 Å². The molecule has 3 heteroatoms. The van der Waals surface area contributed by atoms with E-state index in [1.807, 2.05) is 0 Å². The van der Waals surface area contributed by atoms with Crippen LogP contribution in [-0.2, 0) is 6.54 Å². The largest absolute Gasteiger partial charge is 0.494 e. The fourth-order valence-corrected chi connectivity index (χ4v) is 2.90. The lowest BCUT2D eigenvalue weighted by molar-refractivity contribution is 0.220. The van der Waals surface area contributed by atoms with Gasteiger partial charge in [-0.15, -0.1) is 0 Å². The summed E-state index contributed by atoms with van der Waals surface area (Å²) in [4.78, 5) is 2.55. The van der Waals surface area contributed by atoms with E-state index in [-0.39, 0.29) is 0 Å². The number of nitrogens with two attached hydrogens (primary N) is 1. The summed E-state index contributed by atoms with van der Waals surface area (Å²) in [6.07, 6.45) is 8.77. The number of benzene rings is 1. The topological polar surface area (TPSA) is 38.5 Å². The van der Waals surface area contributed by atoms with Crippen molar-refractivity contribution in [2.24, 2.45) is 5.73 Å². The van der Waals surface area contributed by atoms with Gasteiger partial charge in [-0.05, 0) is 63.0 Å². The Kier molecular flexibility index (Phi) is 7.61. The van der Waals surface area contributed by atoms with Crippen LogP contribution in [0.1, 0.15) is 50.5 Å². The standard InChI is InChI=1S/C18H30N2O/c19-11-4-1-2-7-14-21-18-10-8-9-17(15-18)16-20-12-5-3-6-13-20/h8-10,15H,1-7,11-14,16,19H2. The Labute approximate surface area is 129 Å². The normalized spacial score (nSPS) is 16.0. The van der Waals surface area contributed by atoms with Crippen LogP contribution < -0.4 is 10.5 Å². The zero-order valence-electron chi connectivity index (χ0n) is 13.2. The van der Waals surface area contributed by atoms with Crippen LogP contribution in [0.4, 0.5) is 0 Å². The summed E-state index contributed by atoms with van der Waals surface area (Å²) in [7, 11) is 0. The zero-order chi connectivity index (χ0) is 14.8. The van der Waals surface area contributed by atoms with Crippen molar-refractivity contribution in [1.82, 2.24) is 4.90 Å². The van der Waals surface area contributed by atoms with Crippen LogP contribution >= 0.6 is 0 Å². The zero-order valence-corrected chi connectivity index (χ0v) is 13.2. The van der Waals surface area contributed by atoms with E-state index in [2.05, 4.69) is 29.2 Å². The van der Waals surface area contributed by atoms with Crippen LogP contribution in [0.5, 0.6) is 5.75 Å². The van der Waals surface area contributed by atoms with Crippen LogP contribution in [0.25, 0.3) is 0 Å². The van der Waals surface area contributed by atoms with E-state index in [0.717, 1.165) is 38.3 Å². The molecule has 118 valence electrons. The molecule has 21 heavy (non-hydrogen) atoms. The minimum absolute atomic E-state index is 0.805. The van der Waals surface area contributed by atoms with Gasteiger partial charge >= 0.3 is 0 Å². The van der Waals surface area contributed by atoms with Crippen molar-refractivity contribution in [1.29, 1.82) is 0 Å². The molecule has 2 N–H and O–H groups in total. The molecule has 1 aromatic rings. The third-order valence-electron chi connectivity index (χ3n) is 4.12. The lowest BCUT2D eigenvalue weighted by Crippen LogP contribution is -2.29. The van der Waals surface area contributed by atoms with Gasteiger partial charge in [0.1, 0.15) is 5.75 Å². The molecule has 1 aliphatic rings. The maximum absolute atomic E-state index is 5.87. The Morgan fingerprint density at radius 2 is 1.81 bits per heavy atom. The number of nitrogens with zero attached hydrogens (tertiary/aromatic N) is 1. The van der Waals surface area contributed by atoms with Crippen LogP contribution in [0.2, 0.25) is 0 Å². The van der Waals surface area contributed by atoms with E-state index in [9.17, 15) is 0 Å². The van der Waals surface area contributed by atoms with E-state index in [0.29, 0.717) is 0 Å². The maximum Gasteiger partial charge on any atom is 0.119 e. The van der Waals surface area contributed by atoms with E-state index in [1.54, 1.807) is 0 Å². The molecule has 1 saturated heterocycles. The summed E-state index contributed by atoms with van der Waals surface area (Å²) in [5, 5.41) is 0. The molecule has 0 bridgehead atoms. The molecule has 0 aliphatic carbocycles. The first kappa shape index (κ1) is 16.3. The van der Waals surface area contributed by atoms with E-state index in [4.69, 9.17) is 10.5 Å². The van der Waals surface area contributed by atoms with Crippen LogP contribution in [0, 0.1) is 0 Å². The van der Waals surface area contributed by atoms with Crippen molar-refractivity contribution in [3.05, 3.63) is 29.8 Å². The van der Waals surface area contributed by atoms with Gasteiger partial charge in [-0.25, -0.2) is 0 Å². The average molecular weight is 290 g/mol. The quantitative estimate of drug-likeness (QED) is 0.707. The van der Waals surface area contributed by atoms with Crippen molar-refractivity contribution < 1.29 is 4.74 Å². The molecular formula is C18H30N2O. The molecule has 2 rings (SSSR count). The van der Waals surface area contributed by atoms with Gasteiger partial charge in [0, 0.05) is 6.54 Å². The summed E-state index contributed by atoms with van der Waals surface area (Å²) in [6.45, 7) is 5.17. The molecule has 0 aromatic heterocycles. The van der Waals surface area contributed by atoms with Gasteiger partial charge in [0.05, 0.1) is 6.61 Å². The molecule has 0 spiro atoms. The number of unbranched alkanes of at least 4 members (excludes halogenated alkanes) is 3. The molecule has 0 amide bonds. The first-order valence-corrected chi connectivity index (χ1v) is 8.52. The lowest BCUT2D eigenvalue weighted by atomic mass is 10.1. The predicted molar refractivity (Wildman–Crippen MR) is 88.6 cm³/mol. The Morgan fingerprint density at radius 3 is 2.62 bits per heavy atom. The Bertz CT molecular complexity index is 389. The summed E-state index contributed by atoms with van der Waals surface area (Å²) in [5.41, 5.74) is 6.87. The summed E-state index contributed by atoms with van der Waals surface area (Å²) in [5.74, 6) is 1.02. The molecule has 0 radical (unpaired) electrons. The summed E-state index contributed by atoms with van der Waals surface area (Å²) < 4.78 is 5.87. The Morgan fingerprint density at radius 1 is 1.00 bits per heavy atom. The molecule has 1 aliphatic heterocycles. The highest BCUT2D eigenvalue weighted by atomic mass is 16.5. The number of rotatable bonds is 9. The number of hydrogen-bond acceptors (Lipinski definition) is 3. The molecule has 0 atom stereocenters. The van der Waals surface area contributed by atoms with Crippen molar-refractivity contribution in [3.8, 4) is 5.75 Å². The Hall–Kier alpha value is -1.06. The van der Waals surface area contributed by atoms with Crippen molar-refractivity contribution in [2.75, 3.05) is 26.2 Å². The van der Waals surface area contributed by atoms with E-state index in [1.165, 1.54) is 50.8 Å². The maximum atomic E-state index is 5.87. The first-order valence-electron chi connectivity index (χ1n) is 8.52. The second-order valence-electron chi connectivity index (χ2n) is 6.04. The molecule has 1 aromatic carbocycles. The number of piperidine rings is 1. The first-order chi connectivity index (χ1) is 10.4. The van der Waals surface area contributed by atoms with E-state index < -0.39 is 0 Å². The van der Waals surface area contributed by atoms with Crippen LogP contribution in [-0.4, -0.2) is 31.1 Å². The van der Waals surface area contributed by atoms with E-state index >= 15 is 0 Å². The van der Waals surface area contributed by atoms with Gasteiger partial charge < -0.3 is 10.5 Å². The van der Waals surface area contributed by atoms with Gasteiger partial charge in [-0.2, -0.15) is 0 Å². The highest BCUT2D eigenvalue weighted by molar-refractivity contribution is 5.28. The second kappa shape index (κ2) is 9.80. The molecule has 0 unspecified atom stereocenters. The average Bonchev–Trinajstić information content (AvgIpc) is 2.52. The summed E-state index contributed by atoms with van der Waals surface area (Å²) >= 11 is 0. The van der Waals surface area contributed by atoms with Gasteiger partial charge in [-0.1, -0.05) is 31.4 Å². The third kappa shape index (κ3) is 6.49. The third-order valence-corrected chi connectivity index (χ3v) is 4.12. The Balaban J connectivity index is 1.70. The highest BCUT2D eigenvalue weighted by Crippen LogP contribution is 2.18. The molecule has 1 fully saturated rings. The van der Waals surface area contributed by atoms with Gasteiger partial charge in [0.25, 0.3) is 0 Å². The minimum Gasteiger partial charge on any atom is -0.494 e. The van der Waals surface area contributed by atoms with Crippen LogP contribution in [0.15, 0.2) is 24.3 Å². The fraction of sp³-hybridized carbons (Fsp3) is 0.667. The van der Waals surface area contributed by atoms with Gasteiger partial charge in [0.15, 0.2) is 0 Å². The lowest BCUT2D eigenvalue weighted by Gasteiger charge is -2.26. The van der Waals surface area contributed by atoms with Crippen molar-refractivity contribution in [3.63, 3.8) is 0 Å². The number of ether oxygens (including phenoxy) is 1. The fourth-order valence-electron chi connectivity index (χ4n) is 2.90. The molecule has 3 nitrogen and oxygen atoms in total. The second-order valence-corrected chi connectivity index (χ2v) is 6.04. The number of hydrogen-bond donors (Lipinski definition) is 1. The van der Waals surface area contributed by atoms with Crippen molar-refractivity contribution >= 4 is 0 Å². The molecule has 0 saturated carbocycles. The SMILES string of the molecule is NCCCCCCOc1cccc(CN2CCCCC2)c1. The molecule has 1 heterocycles. The highest BCUT2D eigenvalue weighted by Gasteiger charge is 2.10. The van der Waals surface area contributed by atoms with Gasteiger partial charge in [-0.3, -0.25) is 4.90 Å².